The van der Waals surface area contributed by atoms with Crippen LogP contribution in [0.3, 0.4) is 0 Å². The Morgan fingerprint density at radius 3 is 1.61 bits per heavy atom. The fourth-order valence-electron chi connectivity index (χ4n) is 5.57. The van der Waals surface area contributed by atoms with E-state index in [0.717, 1.165) is 54.9 Å². The van der Waals surface area contributed by atoms with E-state index in [4.69, 9.17) is 9.47 Å². The summed E-state index contributed by atoms with van der Waals surface area (Å²) in [6, 6.07) is 38.8. The number of aryl methyl sites for hydroxylation is 1. The van der Waals surface area contributed by atoms with Gasteiger partial charge in [0.2, 0.25) is 0 Å². The number of hydrogen-bond acceptors (Lipinski definition) is 5. The van der Waals surface area contributed by atoms with E-state index < -0.39 is 0 Å². The molecule has 0 heterocycles. The first kappa shape index (κ1) is 28.7. The molecule has 0 aromatic heterocycles. The molecular weight excluding hydrogens is 548 g/mol. The van der Waals surface area contributed by atoms with E-state index in [1.165, 1.54) is 0 Å². The molecule has 0 amide bonds. The molecule has 5 heteroatoms. The molecule has 6 aromatic rings. The largest absolute Gasteiger partial charge is 0.507 e. The summed E-state index contributed by atoms with van der Waals surface area (Å²) < 4.78 is 11.3. The molecule has 0 aliphatic heterocycles. The van der Waals surface area contributed by atoms with Crippen molar-refractivity contribution in [1.82, 2.24) is 0 Å². The van der Waals surface area contributed by atoms with Gasteiger partial charge in [0.15, 0.2) is 0 Å². The molecule has 0 atom stereocenters. The lowest BCUT2D eigenvalue weighted by Crippen LogP contribution is -2.09. The minimum Gasteiger partial charge on any atom is -0.507 e. The fraction of sp³-hybridized carbons (Fsp3) is 0.128. The SMILES string of the molecule is Cc1ccc(CC(=O)OCc2cccc3ccccc23)cc1-c1cc(CC(=O)OCc2cccc3ccccc23)ccc1O. The van der Waals surface area contributed by atoms with Crippen LogP contribution in [0.25, 0.3) is 32.7 Å². The third-order valence-corrected chi connectivity index (χ3v) is 7.89. The van der Waals surface area contributed by atoms with Gasteiger partial charge in [0.1, 0.15) is 19.0 Å². The van der Waals surface area contributed by atoms with Gasteiger partial charge in [-0.25, -0.2) is 0 Å². The quantitative estimate of drug-likeness (QED) is 0.174. The van der Waals surface area contributed by atoms with Crippen LogP contribution in [-0.4, -0.2) is 17.0 Å². The number of phenolic OH excluding ortho intramolecular Hbond substituents is 1. The molecule has 1 N–H and O–H groups in total. The van der Waals surface area contributed by atoms with Gasteiger partial charge in [-0.3, -0.25) is 9.59 Å². The molecule has 6 aromatic carbocycles. The van der Waals surface area contributed by atoms with Crippen molar-refractivity contribution in [3.63, 3.8) is 0 Å². The highest BCUT2D eigenvalue weighted by Gasteiger charge is 2.15. The van der Waals surface area contributed by atoms with Crippen molar-refractivity contribution in [2.45, 2.75) is 33.0 Å². The number of phenols is 1. The van der Waals surface area contributed by atoms with Crippen LogP contribution in [-0.2, 0) is 45.1 Å². The molecule has 0 radical (unpaired) electrons. The third kappa shape index (κ3) is 6.47. The van der Waals surface area contributed by atoms with Crippen LogP contribution in [0.5, 0.6) is 5.75 Å². The number of hydrogen-bond donors (Lipinski definition) is 1. The topological polar surface area (TPSA) is 72.8 Å². The maximum absolute atomic E-state index is 12.8. The molecule has 0 fully saturated rings. The van der Waals surface area contributed by atoms with Gasteiger partial charge in [-0.1, -0.05) is 109 Å². The summed E-state index contributed by atoms with van der Waals surface area (Å²) in [6.45, 7) is 2.32. The molecule has 44 heavy (non-hydrogen) atoms. The van der Waals surface area contributed by atoms with Gasteiger partial charge in [0, 0.05) is 5.56 Å². The van der Waals surface area contributed by atoms with Gasteiger partial charge < -0.3 is 14.6 Å². The summed E-state index contributed by atoms with van der Waals surface area (Å²) in [4.78, 5) is 25.6. The first-order chi connectivity index (χ1) is 21.4. The van der Waals surface area contributed by atoms with Gasteiger partial charge in [0.05, 0.1) is 12.8 Å². The number of aromatic hydroxyl groups is 1. The van der Waals surface area contributed by atoms with Crippen LogP contribution in [0.4, 0.5) is 0 Å². The van der Waals surface area contributed by atoms with Gasteiger partial charge in [-0.2, -0.15) is 0 Å². The molecule has 0 aliphatic rings. The number of benzene rings is 6. The Bertz CT molecular complexity index is 1840. The molecule has 5 nitrogen and oxygen atoms in total. The van der Waals surface area contributed by atoms with Gasteiger partial charge in [-0.05, 0) is 74.0 Å². The lowest BCUT2D eigenvalue weighted by Gasteiger charge is -2.13. The third-order valence-electron chi connectivity index (χ3n) is 7.89. The summed E-state index contributed by atoms with van der Waals surface area (Å²) in [5.41, 5.74) is 5.71. The Balaban J connectivity index is 1.12. The van der Waals surface area contributed by atoms with Crippen molar-refractivity contribution in [2.24, 2.45) is 0 Å². The summed E-state index contributed by atoms with van der Waals surface area (Å²) in [5, 5.41) is 15.1. The average molecular weight is 581 g/mol. The lowest BCUT2D eigenvalue weighted by atomic mass is 9.94. The van der Waals surface area contributed by atoms with Crippen molar-refractivity contribution in [1.29, 1.82) is 0 Å². The van der Waals surface area contributed by atoms with E-state index in [0.29, 0.717) is 5.56 Å². The molecule has 0 saturated heterocycles. The minimum absolute atomic E-state index is 0.0667. The second kappa shape index (κ2) is 12.8. The zero-order valence-corrected chi connectivity index (χ0v) is 24.5. The molecular formula is C39H32O5. The van der Waals surface area contributed by atoms with E-state index in [9.17, 15) is 14.7 Å². The normalized spacial score (nSPS) is 11.0. The summed E-state index contributed by atoms with van der Waals surface area (Å²) >= 11 is 0. The molecule has 0 spiro atoms. The van der Waals surface area contributed by atoms with Crippen LogP contribution in [0, 0.1) is 6.92 Å². The van der Waals surface area contributed by atoms with Crippen molar-refractivity contribution >= 4 is 33.5 Å². The highest BCUT2D eigenvalue weighted by Crippen LogP contribution is 2.33. The van der Waals surface area contributed by atoms with Crippen LogP contribution in [0.1, 0.15) is 27.8 Å². The monoisotopic (exact) mass is 580 g/mol. The summed E-state index contributed by atoms with van der Waals surface area (Å²) in [7, 11) is 0. The van der Waals surface area contributed by atoms with Crippen LogP contribution in [0.15, 0.2) is 121 Å². The van der Waals surface area contributed by atoms with Gasteiger partial charge >= 0.3 is 11.9 Å². The Morgan fingerprint density at radius 1 is 0.568 bits per heavy atom. The van der Waals surface area contributed by atoms with E-state index in [2.05, 4.69) is 0 Å². The molecule has 218 valence electrons. The standard InChI is InChI=1S/C39H32O5/c1-26-16-17-27(22-38(41)43-24-31-12-6-10-29-8-2-4-14-33(29)31)20-35(26)36-21-28(18-19-37(36)40)23-39(42)44-25-32-13-7-11-30-9-3-5-15-34(30)32/h2-21,40H,22-25H2,1H3. The number of carbonyl (C=O) groups excluding carboxylic acids is 2. The zero-order valence-electron chi connectivity index (χ0n) is 24.5. The van der Waals surface area contributed by atoms with Crippen molar-refractivity contribution in [3.8, 4) is 16.9 Å². The smallest absolute Gasteiger partial charge is 0.310 e. The predicted octanol–water partition coefficient (Wildman–Crippen LogP) is 8.25. The Kier molecular flexibility index (Phi) is 8.37. The highest BCUT2D eigenvalue weighted by molar-refractivity contribution is 5.87. The Morgan fingerprint density at radius 2 is 1.05 bits per heavy atom. The predicted molar refractivity (Wildman–Crippen MR) is 173 cm³/mol. The first-order valence-corrected chi connectivity index (χ1v) is 14.6. The average Bonchev–Trinajstić information content (AvgIpc) is 3.04. The Labute approximate surface area is 256 Å². The number of esters is 2. The summed E-state index contributed by atoms with van der Waals surface area (Å²) in [6.07, 6.45) is 0.163. The van der Waals surface area contributed by atoms with Crippen molar-refractivity contribution < 1.29 is 24.2 Å². The molecule has 0 bridgehead atoms. The van der Waals surface area contributed by atoms with Crippen LogP contribution < -0.4 is 0 Å². The number of fused-ring (bicyclic) bond motifs is 2. The maximum atomic E-state index is 12.8. The molecule has 0 saturated carbocycles. The molecule has 6 rings (SSSR count). The van der Waals surface area contributed by atoms with Crippen molar-refractivity contribution in [3.05, 3.63) is 149 Å². The van der Waals surface area contributed by atoms with Crippen molar-refractivity contribution in [2.75, 3.05) is 0 Å². The lowest BCUT2D eigenvalue weighted by molar-refractivity contribution is -0.145. The molecule has 0 unspecified atom stereocenters. The second-order valence-corrected chi connectivity index (χ2v) is 11.0. The van der Waals surface area contributed by atoms with Crippen LogP contribution in [0.2, 0.25) is 0 Å². The number of carbonyl (C=O) groups is 2. The van der Waals surface area contributed by atoms with Gasteiger partial charge in [0.25, 0.3) is 0 Å². The fourth-order valence-corrected chi connectivity index (χ4v) is 5.57. The van der Waals surface area contributed by atoms with E-state index >= 15 is 0 Å². The number of rotatable bonds is 9. The zero-order chi connectivity index (χ0) is 30.5. The maximum Gasteiger partial charge on any atom is 0.310 e. The summed E-state index contributed by atoms with van der Waals surface area (Å²) in [5.74, 6) is -0.592. The van der Waals surface area contributed by atoms with Crippen LogP contribution >= 0.6 is 0 Å². The Hall–Kier alpha value is -5.42. The van der Waals surface area contributed by atoms with Gasteiger partial charge in [-0.15, -0.1) is 0 Å². The van der Waals surface area contributed by atoms with E-state index in [1.807, 2.05) is 110 Å². The van der Waals surface area contributed by atoms with E-state index in [-0.39, 0.29) is 43.7 Å². The number of ether oxygens (including phenoxy) is 2. The van der Waals surface area contributed by atoms with E-state index in [1.54, 1.807) is 18.2 Å². The molecule has 0 aliphatic carbocycles. The second-order valence-electron chi connectivity index (χ2n) is 11.0. The highest BCUT2D eigenvalue weighted by atomic mass is 16.5. The minimum atomic E-state index is -0.353. The first-order valence-electron chi connectivity index (χ1n) is 14.6.